The number of hydrogen-bond donors (Lipinski definition) is 1. The number of carbonyl (C=O) groups excluding carboxylic acids is 1. The Balaban J connectivity index is 2.93. The van der Waals surface area contributed by atoms with Crippen LogP contribution in [0.2, 0.25) is 5.15 Å². The van der Waals surface area contributed by atoms with Gasteiger partial charge in [0.1, 0.15) is 22.6 Å². The van der Waals surface area contributed by atoms with E-state index in [1.807, 2.05) is 0 Å². The maximum Gasteiger partial charge on any atom is 0.412 e. The van der Waals surface area contributed by atoms with Crippen molar-refractivity contribution in [1.82, 2.24) is 4.98 Å². The Morgan fingerprint density at radius 1 is 1.56 bits per heavy atom. The summed E-state index contributed by atoms with van der Waals surface area (Å²) in [6, 6.07) is 1.18. The zero-order valence-electron chi connectivity index (χ0n) is 10.1. The molecule has 0 atom stereocenters. The molecule has 7 nitrogen and oxygen atoms in total. The fraction of sp³-hybridized carbons (Fsp3) is 0.400. The summed E-state index contributed by atoms with van der Waals surface area (Å²) in [5.41, 5.74) is -1.12. The molecule has 98 valence electrons. The Morgan fingerprint density at radius 3 is 2.67 bits per heavy atom. The van der Waals surface area contributed by atoms with E-state index >= 15 is 0 Å². The van der Waals surface area contributed by atoms with Gasteiger partial charge < -0.3 is 4.74 Å². The highest BCUT2D eigenvalue weighted by molar-refractivity contribution is 6.29. The maximum absolute atomic E-state index is 11.5. The molecule has 0 aliphatic heterocycles. The largest absolute Gasteiger partial charge is 0.444 e. The third-order valence-electron chi connectivity index (χ3n) is 1.68. The Labute approximate surface area is 108 Å². The minimum atomic E-state index is -0.798. The highest BCUT2D eigenvalue weighted by Crippen LogP contribution is 2.26. The summed E-state index contributed by atoms with van der Waals surface area (Å²) >= 11 is 5.61. The average molecular weight is 274 g/mol. The molecule has 18 heavy (non-hydrogen) atoms. The van der Waals surface area contributed by atoms with Gasteiger partial charge in [-0.15, -0.1) is 0 Å². The van der Waals surface area contributed by atoms with Gasteiger partial charge in [-0.25, -0.2) is 9.78 Å². The topological polar surface area (TPSA) is 94.4 Å². The summed E-state index contributed by atoms with van der Waals surface area (Å²) in [5.74, 6) is 0. The van der Waals surface area contributed by atoms with Gasteiger partial charge in [-0.2, -0.15) is 0 Å². The van der Waals surface area contributed by atoms with Crippen molar-refractivity contribution in [3.8, 4) is 0 Å². The van der Waals surface area contributed by atoms with Gasteiger partial charge in [0, 0.05) is 6.07 Å². The van der Waals surface area contributed by atoms with Gasteiger partial charge in [0.15, 0.2) is 0 Å². The molecule has 1 aromatic rings. The molecule has 1 amide bonds. The van der Waals surface area contributed by atoms with Gasteiger partial charge >= 0.3 is 11.8 Å². The van der Waals surface area contributed by atoms with E-state index in [9.17, 15) is 14.9 Å². The second-order valence-electron chi connectivity index (χ2n) is 4.41. The fourth-order valence-corrected chi connectivity index (χ4v) is 1.24. The molecule has 1 heterocycles. The first-order valence-electron chi connectivity index (χ1n) is 4.99. The van der Waals surface area contributed by atoms with Crippen molar-refractivity contribution >= 4 is 29.1 Å². The number of aromatic nitrogens is 1. The van der Waals surface area contributed by atoms with Crippen molar-refractivity contribution in [3.05, 3.63) is 27.5 Å². The van der Waals surface area contributed by atoms with Crippen LogP contribution in [0, 0.1) is 10.1 Å². The van der Waals surface area contributed by atoms with Gasteiger partial charge in [-0.05, 0) is 20.8 Å². The predicted molar refractivity (Wildman–Crippen MR) is 65.8 cm³/mol. The smallest absolute Gasteiger partial charge is 0.412 e. The van der Waals surface area contributed by atoms with Crippen molar-refractivity contribution in [2.75, 3.05) is 5.32 Å². The highest BCUT2D eigenvalue weighted by atomic mass is 35.5. The van der Waals surface area contributed by atoms with E-state index in [4.69, 9.17) is 16.3 Å². The normalized spacial score (nSPS) is 10.9. The Bertz CT molecular complexity index is 485. The number of amides is 1. The summed E-state index contributed by atoms with van der Waals surface area (Å²) in [5, 5.41) is 13.0. The molecule has 0 unspecified atom stereocenters. The number of ether oxygens (including phenoxy) is 1. The van der Waals surface area contributed by atoms with Crippen LogP contribution in [-0.4, -0.2) is 21.6 Å². The van der Waals surface area contributed by atoms with E-state index in [0.717, 1.165) is 6.20 Å². The number of hydrogen-bond acceptors (Lipinski definition) is 5. The number of rotatable bonds is 2. The standard InChI is InChI=1S/C10H12ClN3O4/c1-10(2,3)18-9(15)13-6-4-8(11)12-5-7(6)14(16)17/h4-5H,1-3H3,(H,12,13,15). The Kier molecular flexibility index (Phi) is 4.07. The number of nitrogens with zero attached hydrogens (tertiary/aromatic N) is 2. The summed E-state index contributed by atoms with van der Waals surface area (Å²) in [6.45, 7) is 5.04. The minimum absolute atomic E-state index is 0.0339. The van der Waals surface area contributed by atoms with Gasteiger partial charge in [0.2, 0.25) is 0 Å². The zero-order chi connectivity index (χ0) is 13.9. The van der Waals surface area contributed by atoms with Crippen LogP contribution < -0.4 is 5.32 Å². The molecule has 1 N–H and O–H groups in total. The molecular weight excluding hydrogens is 262 g/mol. The molecular formula is C10H12ClN3O4. The lowest BCUT2D eigenvalue weighted by Gasteiger charge is -2.19. The van der Waals surface area contributed by atoms with Crippen LogP contribution in [0.5, 0.6) is 0 Å². The first kappa shape index (κ1) is 14.2. The molecule has 1 aromatic heterocycles. The van der Waals surface area contributed by atoms with E-state index in [1.165, 1.54) is 6.07 Å². The summed E-state index contributed by atoms with van der Waals surface area (Å²) in [4.78, 5) is 25.1. The molecule has 0 fully saturated rings. The lowest BCUT2D eigenvalue weighted by molar-refractivity contribution is -0.384. The average Bonchev–Trinajstić information content (AvgIpc) is 2.13. The van der Waals surface area contributed by atoms with Gasteiger partial charge in [-0.3, -0.25) is 15.4 Å². The SMILES string of the molecule is CC(C)(C)OC(=O)Nc1cc(Cl)ncc1[N+](=O)[O-]. The Hall–Kier alpha value is -1.89. The van der Waals surface area contributed by atoms with E-state index in [-0.39, 0.29) is 16.5 Å². The van der Waals surface area contributed by atoms with E-state index in [1.54, 1.807) is 20.8 Å². The summed E-state index contributed by atoms with van der Waals surface area (Å²) < 4.78 is 4.98. The van der Waals surface area contributed by atoms with Crippen molar-refractivity contribution < 1.29 is 14.5 Å². The molecule has 0 saturated heterocycles. The quantitative estimate of drug-likeness (QED) is 0.508. The van der Waals surface area contributed by atoms with Crippen LogP contribution in [0.3, 0.4) is 0 Å². The van der Waals surface area contributed by atoms with Crippen molar-refractivity contribution in [3.63, 3.8) is 0 Å². The molecule has 0 spiro atoms. The molecule has 1 rings (SSSR count). The number of carbonyl (C=O) groups is 1. The molecule has 0 aliphatic carbocycles. The van der Waals surface area contributed by atoms with Crippen LogP contribution in [-0.2, 0) is 4.74 Å². The first-order chi connectivity index (χ1) is 8.19. The second-order valence-corrected chi connectivity index (χ2v) is 4.80. The van der Waals surface area contributed by atoms with E-state index in [0.29, 0.717) is 0 Å². The number of halogens is 1. The molecule has 0 aromatic carbocycles. The number of anilines is 1. The molecule has 0 radical (unpaired) electrons. The molecule has 0 bridgehead atoms. The monoisotopic (exact) mass is 273 g/mol. The minimum Gasteiger partial charge on any atom is -0.444 e. The third-order valence-corrected chi connectivity index (χ3v) is 1.89. The van der Waals surface area contributed by atoms with E-state index in [2.05, 4.69) is 10.3 Å². The predicted octanol–water partition coefficient (Wildman–Crippen LogP) is 2.99. The maximum atomic E-state index is 11.5. The summed E-state index contributed by atoms with van der Waals surface area (Å²) in [7, 11) is 0. The zero-order valence-corrected chi connectivity index (χ0v) is 10.8. The van der Waals surface area contributed by atoms with Crippen molar-refractivity contribution in [2.45, 2.75) is 26.4 Å². The molecule has 8 heteroatoms. The number of pyridine rings is 1. The second kappa shape index (κ2) is 5.18. The number of nitro groups is 1. The highest BCUT2D eigenvalue weighted by Gasteiger charge is 2.21. The Morgan fingerprint density at radius 2 is 2.17 bits per heavy atom. The van der Waals surface area contributed by atoms with Gasteiger partial charge in [0.25, 0.3) is 0 Å². The summed E-state index contributed by atoms with van der Waals surface area (Å²) in [6.07, 6.45) is 0.169. The van der Waals surface area contributed by atoms with Crippen LogP contribution in [0.15, 0.2) is 12.3 Å². The third kappa shape index (κ3) is 4.17. The van der Waals surface area contributed by atoms with Crippen molar-refractivity contribution in [1.29, 1.82) is 0 Å². The van der Waals surface area contributed by atoms with Gasteiger partial charge in [-0.1, -0.05) is 11.6 Å². The fourth-order valence-electron chi connectivity index (χ4n) is 1.08. The van der Waals surface area contributed by atoms with Crippen LogP contribution in [0.1, 0.15) is 20.8 Å². The number of nitrogens with one attached hydrogen (secondary N) is 1. The van der Waals surface area contributed by atoms with Crippen LogP contribution >= 0.6 is 11.6 Å². The van der Waals surface area contributed by atoms with Gasteiger partial charge in [0.05, 0.1) is 4.92 Å². The molecule has 0 aliphatic rings. The van der Waals surface area contributed by atoms with Crippen LogP contribution in [0.4, 0.5) is 16.2 Å². The van der Waals surface area contributed by atoms with Crippen LogP contribution in [0.25, 0.3) is 0 Å². The first-order valence-corrected chi connectivity index (χ1v) is 5.37. The van der Waals surface area contributed by atoms with E-state index < -0.39 is 16.6 Å². The lowest BCUT2D eigenvalue weighted by atomic mass is 10.2. The lowest BCUT2D eigenvalue weighted by Crippen LogP contribution is -2.27. The molecule has 0 saturated carbocycles. The van der Waals surface area contributed by atoms with Crippen molar-refractivity contribution in [2.24, 2.45) is 0 Å².